The first kappa shape index (κ1) is 11.7. The zero-order valence-electron chi connectivity index (χ0n) is 10.6. The van der Waals surface area contributed by atoms with Crippen LogP contribution in [0.25, 0.3) is 0 Å². The van der Waals surface area contributed by atoms with Crippen molar-refractivity contribution in [3.63, 3.8) is 0 Å². The molecule has 1 aliphatic carbocycles. The molecule has 3 rings (SSSR count). The Labute approximate surface area is 108 Å². The standard InChI is InChI=1S/C15H20N2O/c18-14(17-13-6-9-16-11-13)15(7-8-15)10-12-4-2-1-3-5-12/h1-5,13,16H,6-11H2,(H,17,18). The summed E-state index contributed by atoms with van der Waals surface area (Å²) in [7, 11) is 0. The molecule has 1 aromatic rings. The van der Waals surface area contributed by atoms with Crippen LogP contribution >= 0.6 is 0 Å². The van der Waals surface area contributed by atoms with Crippen LogP contribution in [-0.4, -0.2) is 25.0 Å². The predicted molar refractivity (Wildman–Crippen MR) is 71.2 cm³/mol. The van der Waals surface area contributed by atoms with Crippen LogP contribution in [0.2, 0.25) is 0 Å². The van der Waals surface area contributed by atoms with E-state index in [2.05, 4.69) is 22.8 Å². The van der Waals surface area contributed by atoms with Gasteiger partial charge >= 0.3 is 0 Å². The lowest BCUT2D eigenvalue weighted by atomic mass is 9.95. The van der Waals surface area contributed by atoms with Gasteiger partial charge in [0.1, 0.15) is 0 Å². The zero-order chi connectivity index (χ0) is 12.4. The van der Waals surface area contributed by atoms with Gasteiger partial charge in [-0.2, -0.15) is 0 Å². The second kappa shape index (κ2) is 4.73. The van der Waals surface area contributed by atoms with Crippen LogP contribution in [0, 0.1) is 5.41 Å². The second-order valence-corrected chi connectivity index (χ2v) is 5.61. The van der Waals surface area contributed by atoms with Crippen LogP contribution in [0.3, 0.4) is 0 Å². The first-order chi connectivity index (χ1) is 8.78. The molecule has 1 saturated heterocycles. The molecule has 0 bridgehead atoms. The summed E-state index contributed by atoms with van der Waals surface area (Å²) < 4.78 is 0. The van der Waals surface area contributed by atoms with Gasteiger partial charge < -0.3 is 10.6 Å². The molecule has 2 aliphatic rings. The highest BCUT2D eigenvalue weighted by Gasteiger charge is 2.49. The Kier molecular flexibility index (Phi) is 3.08. The lowest BCUT2D eigenvalue weighted by Gasteiger charge is -2.18. The molecule has 1 amide bonds. The molecule has 1 aromatic carbocycles. The van der Waals surface area contributed by atoms with Crippen molar-refractivity contribution in [2.75, 3.05) is 13.1 Å². The normalized spacial score (nSPS) is 24.8. The molecule has 1 aliphatic heterocycles. The van der Waals surface area contributed by atoms with Crippen molar-refractivity contribution >= 4 is 5.91 Å². The van der Waals surface area contributed by atoms with Crippen LogP contribution in [0.1, 0.15) is 24.8 Å². The maximum atomic E-state index is 12.3. The zero-order valence-corrected chi connectivity index (χ0v) is 10.6. The summed E-state index contributed by atoms with van der Waals surface area (Å²) in [5.41, 5.74) is 1.17. The Hall–Kier alpha value is -1.35. The van der Waals surface area contributed by atoms with E-state index in [0.29, 0.717) is 6.04 Å². The Bertz CT molecular complexity index is 419. The van der Waals surface area contributed by atoms with Crippen LogP contribution in [0.5, 0.6) is 0 Å². The molecule has 2 fully saturated rings. The monoisotopic (exact) mass is 244 g/mol. The maximum absolute atomic E-state index is 12.3. The van der Waals surface area contributed by atoms with Crippen molar-refractivity contribution in [2.45, 2.75) is 31.7 Å². The van der Waals surface area contributed by atoms with Crippen molar-refractivity contribution in [1.82, 2.24) is 10.6 Å². The molecule has 1 heterocycles. The van der Waals surface area contributed by atoms with Gasteiger partial charge in [-0.3, -0.25) is 4.79 Å². The van der Waals surface area contributed by atoms with Crippen LogP contribution < -0.4 is 10.6 Å². The average Bonchev–Trinajstić information content (AvgIpc) is 2.99. The first-order valence-electron chi connectivity index (χ1n) is 6.84. The van der Waals surface area contributed by atoms with E-state index in [9.17, 15) is 4.79 Å². The second-order valence-electron chi connectivity index (χ2n) is 5.61. The summed E-state index contributed by atoms with van der Waals surface area (Å²) in [4.78, 5) is 12.3. The largest absolute Gasteiger partial charge is 0.352 e. The van der Waals surface area contributed by atoms with E-state index in [1.54, 1.807) is 0 Å². The minimum Gasteiger partial charge on any atom is -0.352 e. The molecule has 2 N–H and O–H groups in total. The number of hydrogen-bond donors (Lipinski definition) is 2. The summed E-state index contributed by atoms with van der Waals surface area (Å²) in [6.07, 6.45) is 4.02. The van der Waals surface area contributed by atoms with Gasteiger partial charge in [-0.15, -0.1) is 0 Å². The number of carbonyl (C=O) groups is 1. The lowest BCUT2D eigenvalue weighted by molar-refractivity contribution is -0.126. The highest BCUT2D eigenvalue weighted by Crippen LogP contribution is 2.48. The molecule has 1 saturated carbocycles. The van der Waals surface area contributed by atoms with E-state index in [1.807, 2.05) is 18.2 Å². The van der Waals surface area contributed by atoms with Crippen molar-refractivity contribution in [3.05, 3.63) is 35.9 Å². The number of benzene rings is 1. The van der Waals surface area contributed by atoms with Crippen LogP contribution in [0.4, 0.5) is 0 Å². The van der Waals surface area contributed by atoms with Gasteiger partial charge in [-0.25, -0.2) is 0 Å². The molecule has 1 unspecified atom stereocenters. The number of hydrogen-bond acceptors (Lipinski definition) is 2. The predicted octanol–water partition coefficient (Wildman–Crippen LogP) is 1.49. The molecule has 0 radical (unpaired) electrons. The van der Waals surface area contributed by atoms with E-state index in [0.717, 1.165) is 38.8 Å². The Morgan fingerprint density at radius 2 is 2.11 bits per heavy atom. The third-order valence-electron chi connectivity index (χ3n) is 4.12. The Balaban J connectivity index is 1.62. The SMILES string of the molecule is O=C(NC1CCNC1)C1(Cc2ccccc2)CC1. The minimum atomic E-state index is -0.107. The molecule has 18 heavy (non-hydrogen) atoms. The fourth-order valence-electron chi connectivity index (χ4n) is 2.74. The topological polar surface area (TPSA) is 41.1 Å². The maximum Gasteiger partial charge on any atom is 0.226 e. The summed E-state index contributed by atoms with van der Waals surface area (Å²) in [6, 6.07) is 10.7. The summed E-state index contributed by atoms with van der Waals surface area (Å²) in [6.45, 7) is 1.95. The molecule has 96 valence electrons. The van der Waals surface area contributed by atoms with E-state index in [4.69, 9.17) is 0 Å². The van der Waals surface area contributed by atoms with Gasteiger partial charge in [0.2, 0.25) is 5.91 Å². The molecule has 0 spiro atoms. The number of rotatable bonds is 4. The molecular weight excluding hydrogens is 224 g/mol. The molecular formula is C15H20N2O. The van der Waals surface area contributed by atoms with Crippen molar-refractivity contribution in [2.24, 2.45) is 5.41 Å². The minimum absolute atomic E-state index is 0.107. The smallest absolute Gasteiger partial charge is 0.226 e. The lowest BCUT2D eigenvalue weighted by Crippen LogP contribution is -2.41. The van der Waals surface area contributed by atoms with Crippen molar-refractivity contribution in [3.8, 4) is 0 Å². The third-order valence-corrected chi connectivity index (χ3v) is 4.12. The Morgan fingerprint density at radius 1 is 1.33 bits per heavy atom. The molecule has 3 heteroatoms. The van der Waals surface area contributed by atoms with E-state index in [1.165, 1.54) is 5.56 Å². The van der Waals surface area contributed by atoms with Gasteiger partial charge in [-0.05, 0) is 37.8 Å². The van der Waals surface area contributed by atoms with Gasteiger partial charge in [0.15, 0.2) is 0 Å². The highest BCUT2D eigenvalue weighted by molar-refractivity contribution is 5.85. The highest BCUT2D eigenvalue weighted by atomic mass is 16.2. The number of carbonyl (C=O) groups excluding carboxylic acids is 1. The Morgan fingerprint density at radius 3 is 2.72 bits per heavy atom. The number of nitrogens with one attached hydrogen (secondary N) is 2. The van der Waals surface area contributed by atoms with Gasteiger partial charge in [-0.1, -0.05) is 30.3 Å². The van der Waals surface area contributed by atoms with Gasteiger partial charge in [0.05, 0.1) is 5.41 Å². The summed E-state index contributed by atoms with van der Waals surface area (Å²) in [5.74, 6) is 0.264. The third kappa shape index (κ3) is 2.41. The average molecular weight is 244 g/mol. The van der Waals surface area contributed by atoms with Crippen LogP contribution in [-0.2, 0) is 11.2 Å². The summed E-state index contributed by atoms with van der Waals surface area (Å²) >= 11 is 0. The fourth-order valence-corrected chi connectivity index (χ4v) is 2.74. The summed E-state index contributed by atoms with van der Waals surface area (Å²) in [5, 5.41) is 6.48. The van der Waals surface area contributed by atoms with Gasteiger partial charge in [0.25, 0.3) is 0 Å². The molecule has 1 atom stereocenters. The molecule has 0 aromatic heterocycles. The molecule has 3 nitrogen and oxygen atoms in total. The fraction of sp³-hybridized carbons (Fsp3) is 0.533. The van der Waals surface area contributed by atoms with E-state index < -0.39 is 0 Å². The number of amides is 1. The van der Waals surface area contributed by atoms with Crippen molar-refractivity contribution in [1.29, 1.82) is 0 Å². The van der Waals surface area contributed by atoms with E-state index in [-0.39, 0.29) is 11.3 Å². The first-order valence-corrected chi connectivity index (χ1v) is 6.84. The van der Waals surface area contributed by atoms with Gasteiger partial charge in [0, 0.05) is 12.6 Å². The van der Waals surface area contributed by atoms with E-state index >= 15 is 0 Å². The van der Waals surface area contributed by atoms with Crippen LogP contribution in [0.15, 0.2) is 30.3 Å². The van der Waals surface area contributed by atoms with Crippen molar-refractivity contribution < 1.29 is 4.79 Å². The quantitative estimate of drug-likeness (QED) is 0.842.